The fourth-order valence-electron chi connectivity index (χ4n) is 2.33. The second kappa shape index (κ2) is 7.65. The maximum atomic E-state index is 4.59. The predicted octanol–water partition coefficient (Wildman–Crippen LogP) is 4.16. The smallest absolute Gasteiger partial charge is 0.0708 e. The third-order valence-corrected chi connectivity index (χ3v) is 4.40. The van der Waals surface area contributed by atoms with Crippen molar-refractivity contribution in [2.24, 2.45) is 0 Å². The maximum absolute atomic E-state index is 4.59. The van der Waals surface area contributed by atoms with Crippen molar-refractivity contribution < 1.29 is 0 Å². The number of nitrogens with zero attached hydrogens (tertiary/aromatic N) is 1. The van der Waals surface area contributed by atoms with Crippen LogP contribution in [0.2, 0.25) is 0 Å². The van der Waals surface area contributed by atoms with Gasteiger partial charge in [0.05, 0.1) is 5.52 Å². The largest absolute Gasteiger partial charge is 0.310 e. The minimum atomic E-state index is 0.557. The molecule has 108 valence electrons. The van der Waals surface area contributed by atoms with E-state index in [9.17, 15) is 0 Å². The van der Waals surface area contributed by atoms with E-state index in [1.807, 2.05) is 11.8 Å². The third kappa shape index (κ3) is 4.22. The van der Waals surface area contributed by atoms with Crippen LogP contribution in [0.5, 0.6) is 0 Å². The van der Waals surface area contributed by atoms with E-state index in [1.54, 1.807) is 0 Å². The summed E-state index contributed by atoms with van der Waals surface area (Å²) in [5.41, 5.74) is 3.54. The van der Waals surface area contributed by atoms with Crippen LogP contribution in [0, 0.1) is 6.92 Å². The Kier molecular flexibility index (Phi) is 5.86. The van der Waals surface area contributed by atoms with Crippen molar-refractivity contribution in [3.8, 4) is 0 Å². The Labute approximate surface area is 126 Å². The fraction of sp³-hybridized carbons (Fsp3) is 0.471. The van der Waals surface area contributed by atoms with Gasteiger partial charge < -0.3 is 5.32 Å². The average molecular weight is 288 g/mol. The molecule has 3 heteroatoms. The summed E-state index contributed by atoms with van der Waals surface area (Å²) in [5, 5.41) is 4.90. The highest BCUT2D eigenvalue weighted by atomic mass is 32.2. The van der Waals surface area contributed by atoms with Gasteiger partial charge in [0.25, 0.3) is 0 Å². The molecule has 0 aliphatic carbocycles. The van der Waals surface area contributed by atoms with Crippen LogP contribution in [0.3, 0.4) is 0 Å². The number of benzene rings is 1. The molecule has 0 amide bonds. The molecule has 2 nitrogen and oxygen atoms in total. The molecule has 1 N–H and O–H groups in total. The molecule has 0 bridgehead atoms. The second-order valence-corrected chi connectivity index (χ2v) is 6.60. The molecule has 0 aliphatic heterocycles. The summed E-state index contributed by atoms with van der Waals surface area (Å²) in [6, 6.07) is 11.1. The molecule has 20 heavy (non-hydrogen) atoms. The number of hydrogen-bond acceptors (Lipinski definition) is 3. The number of nitrogens with one attached hydrogen (secondary N) is 1. The number of rotatable bonds is 7. The minimum Gasteiger partial charge on any atom is -0.310 e. The highest BCUT2D eigenvalue weighted by Gasteiger charge is 2.06. The molecule has 0 spiro atoms. The van der Waals surface area contributed by atoms with Crippen molar-refractivity contribution in [3.63, 3.8) is 0 Å². The molecule has 1 unspecified atom stereocenters. The lowest BCUT2D eigenvalue weighted by Gasteiger charge is -2.15. The van der Waals surface area contributed by atoms with Gasteiger partial charge in [-0.2, -0.15) is 11.8 Å². The van der Waals surface area contributed by atoms with Gasteiger partial charge in [-0.25, -0.2) is 0 Å². The fourth-order valence-corrected chi connectivity index (χ4v) is 3.14. The zero-order valence-corrected chi connectivity index (χ0v) is 13.5. The summed E-state index contributed by atoms with van der Waals surface area (Å²) < 4.78 is 0. The van der Waals surface area contributed by atoms with Gasteiger partial charge in [0, 0.05) is 23.7 Å². The highest BCUT2D eigenvalue weighted by Crippen LogP contribution is 2.18. The molecule has 1 heterocycles. The van der Waals surface area contributed by atoms with Gasteiger partial charge in [0.2, 0.25) is 0 Å². The summed E-state index contributed by atoms with van der Waals surface area (Å²) in [5.74, 6) is 2.45. The van der Waals surface area contributed by atoms with E-state index in [-0.39, 0.29) is 0 Å². The summed E-state index contributed by atoms with van der Waals surface area (Å²) in [7, 11) is 0. The van der Waals surface area contributed by atoms with Crippen LogP contribution in [0.25, 0.3) is 10.9 Å². The van der Waals surface area contributed by atoms with Gasteiger partial charge in [-0.3, -0.25) is 4.98 Å². The summed E-state index contributed by atoms with van der Waals surface area (Å²) >= 11 is 2.01. The average Bonchev–Trinajstić information content (AvgIpc) is 2.45. The topological polar surface area (TPSA) is 24.9 Å². The van der Waals surface area contributed by atoms with Gasteiger partial charge in [-0.1, -0.05) is 25.1 Å². The van der Waals surface area contributed by atoms with Crippen molar-refractivity contribution in [3.05, 3.63) is 41.6 Å². The standard InChI is InChI=1S/C17H24N2S/c1-4-20-10-9-13(2)18-12-15-11-14(3)19-17-8-6-5-7-16(15)17/h5-8,11,13,18H,4,9-10,12H2,1-3H3. The van der Waals surface area contributed by atoms with Gasteiger partial charge in [0.1, 0.15) is 0 Å². The lowest BCUT2D eigenvalue weighted by Crippen LogP contribution is -2.26. The number of pyridine rings is 1. The molecule has 0 fully saturated rings. The van der Waals surface area contributed by atoms with E-state index in [4.69, 9.17) is 0 Å². The van der Waals surface area contributed by atoms with Gasteiger partial charge in [-0.05, 0) is 49.5 Å². The van der Waals surface area contributed by atoms with Gasteiger partial charge in [-0.15, -0.1) is 0 Å². The first-order chi connectivity index (χ1) is 9.70. The number of aromatic nitrogens is 1. The molecular formula is C17H24N2S. The molecule has 2 aromatic rings. The zero-order chi connectivity index (χ0) is 14.4. The molecule has 1 aromatic carbocycles. The first-order valence-corrected chi connectivity index (χ1v) is 8.52. The molecule has 0 radical (unpaired) electrons. The first kappa shape index (κ1) is 15.3. The van der Waals surface area contributed by atoms with Crippen molar-refractivity contribution in [1.82, 2.24) is 10.3 Å². The molecule has 1 atom stereocenters. The first-order valence-electron chi connectivity index (χ1n) is 7.37. The Morgan fingerprint density at radius 1 is 1.30 bits per heavy atom. The van der Waals surface area contributed by atoms with Crippen LogP contribution in [0.4, 0.5) is 0 Å². The van der Waals surface area contributed by atoms with Crippen LogP contribution >= 0.6 is 11.8 Å². The van der Waals surface area contributed by atoms with Crippen molar-refractivity contribution >= 4 is 22.7 Å². The molecule has 1 aromatic heterocycles. The molecule has 0 aliphatic rings. The zero-order valence-electron chi connectivity index (χ0n) is 12.6. The number of hydrogen-bond donors (Lipinski definition) is 1. The van der Waals surface area contributed by atoms with E-state index in [0.29, 0.717) is 6.04 Å². The van der Waals surface area contributed by atoms with E-state index < -0.39 is 0 Å². The molecule has 2 rings (SSSR count). The summed E-state index contributed by atoms with van der Waals surface area (Å²) in [4.78, 5) is 4.59. The van der Waals surface area contributed by atoms with Gasteiger partial charge >= 0.3 is 0 Å². The van der Waals surface area contributed by atoms with Crippen LogP contribution in [-0.2, 0) is 6.54 Å². The number of thioether (sulfide) groups is 1. The summed E-state index contributed by atoms with van der Waals surface area (Å²) in [6.07, 6.45) is 1.22. The van der Waals surface area contributed by atoms with Crippen molar-refractivity contribution in [1.29, 1.82) is 0 Å². The molecule has 0 saturated carbocycles. The predicted molar refractivity (Wildman–Crippen MR) is 90.4 cm³/mol. The normalized spacial score (nSPS) is 12.8. The number of aryl methyl sites for hydroxylation is 1. The van der Waals surface area contributed by atoms with Gasteiger partial charge in [0.15, 0.2) is 0 Å². The molecule has 0 saturated heterocycles. The van der Waals surface area contributed by atoms with Crippen molar-refractivity contribution in [2.45, 2.75) is 39.8 Å². The van der Waals surface area contributed by atoms with E-state index in [1.165, 1.54) is 28.9 Å². The van der Waals surface area contributed by atoms with E-state index in [2.05, 4.69) is 61.4 Å². The minimum absolute atomic E-state index is 0.557. The Morgan fingerprint density at radius 2 is 2.10 bits per heavy atom. The molecular weight excluding hydrogens is 264 g/mol. The Morgan fingerprint density at radius 3 is 2.90 bits per heavy atom. The Balaban J connectivity index is 2.02. The van der Waals surface area contributed by atoms with Crippen LogP contribution < -0.4 is 5.32 Å². The summed E-state index contributed by atoms with van der Waals surface area (Å²) in [6.45, 7) is 7.47. The third-order valence-electron chi connectivity index (χ3n) is 3.47. The quantitative estimate of drug-likeness (QED) is 0.774. The maximum Gasteiger partial charge on any atom is 0.0708 e. The second-order valence-electron chi connectivity index (χ2n) is 5.21. The monoisotopic (exact) mass is 288 g/mol. The van der Waals surface area contributed by atoms with Crippen molar-refractivity contribution in [2.75, 3.05) is 11.5 Å². The van der Waals surface area contributed by atoms with E-state index in [0.717, 1.165) is 17.8 Å². The Bertz CT molecular complexity index is 554. The SMILES string of the molecule is CCSCCC(C)NCc1cc(C)nc2ccccc12. The van der Waals surface area contributed by atoms with Crippen LogP contribution in [0.1, 0.15) is 31.5 Å². The number of para-hydroxylation sites is 1. The number of fused-ring (bicyclic) bond motifs is 1. The van der Waals surface area contributed by atoms with E-state index >= 15 is 0 Å². The lowest BCUT2D eigenvalue weighted by atomic mass is 10.1. The van der Waals surface area contributed by atoms with Crippen LogP contribution in [-0.4, -0.2) is 22.5 Å². The van der Waals surface area contributed by atoms with Crippen LogP contribution in [0.15, 0.2) is 30.3 Å². The lowest BCUT2D eigenvalue weighted by molar-refractivity contribution is 0.538. The Hall–Kier alpha value is -1.06. The highest BCUT2D eigenvalue weighted by molar-refractivity contribution is 7.99.